The molecule has 95 valence electrons. The number of Topliss-reactive ketones (excluding diaryl/α,β-unsaturated/α-hetero) is 1. The van der Waals surface area contributed by atoms with E-state index in [4.69, 9.17) is 5.73 Å². The first-order valence-corrected chi connectivity index (χ1v) is 6.10. The highest BCUT2D eigenvalue weighted by Crippen LogP contribution is 2.19. The molecule has 3 heteroatoms. The molecule has 0 saturated heterocycles. The maximum absolute atomic E-state index is 11.8. The van der Waals surface area contributed by atoms with Crippen LogP contribution in [0.2, 0.25) is 0 Å². The summed E-state index contributed by atoms with van der Waals surface area (Å²) in [7, 11) is 0. The fraction of sp³-hybridized carbons (Fsp3) is 0.125. The first kappa shape index (κ1) is 13.0. The molecule has 0 heterocycles. The Balaban J connectivity index is 2.10. The molecule has 0 unspecified atom stereocenters. The molecule has 3 nitrogen and oxygen atoms in total. The number of carbonyl (C=O) groups excluding carboxylic acids is 2. The number of amides is 1. The lowest BCUT2D eigenvalue weighted by Gasteiger charge is -2.03. The van der Waals surface area contributed by atoms with Gasteiger partial charge in [-0.1, -0.05) is 54.6 Å². The second kappa shape index (κ2) is 5.96. The van der Waals surface area contributed by atoms with Crippen LogP contribution < -0.4 is 5.73 Å². The number of benzene rings is 2. The molecule has 0 aliphatic rings. The standard InChI is InChI=1S/C16H14NO2/c17-16(19)11-10-15(18)14-8-6-13(7-9-14)12-4-2-1-3-5-12/h1-9,17H,10-11H2. The topological polar surface area (TPSA) is 57.9 Å². The van der Waals surface area contributed by atoms with Crippen LogP contribution in [0.4, 0.5) is 0 Å². The van der Waals surface area contributed by atoms with E-state index in [2.05, 4.69) is 0 Å². The lowest BCUT2D eigenvalue weighted by molar-refractivity contribution is -0.118. The normalized spacial score (nSPS) is 10.1. The van der Waals surface area contributed by atoms with Gasteiger partial charge in [0.05, 0.1) is 0 Å². The molecule has 0 aromatic heterocycles. The van der Waals surface area contributed by atoms with E-state index in [1.54, 1.807) is 12.1 Å². The summed E-state index contributed by atoms with van der Waals surface area (Å²) < 4.78 is 0. The third-order valence-electron chi connectivity index (χ3n) is 2.89. The number of hydrogen-bond acceptors (Lipinski definition) is 2. The quantitative estimate of drug-likeness (QED) is 0.767. The summed E-state index contributed by atoms with van der Waals surface area (Å²) in [5, 5.41) is 0. The van der Waals surface area contributed by atoms with Crippen molar-refractivity contribution in [3.63, 3.8) is 0 Å². The van der Waals surface area contributed by atoms with Gasteiger partial charge in [0, 0.05) is 18.4 Å². The Bertz CT molecular complexity index is 573. The average Bonchev–Trinajstić information content (AvgIpc) is 2.46. The van der Waals surface area contributed by atoms with Crippen LogP contribution in [0, 0.1) is 0 Å². The Hall–Kier alpha value is -2.42. The van der Waals surface area contributed by atoms with Crippen LogP contribution in [0.5, 0.6) is 0 Å². The van der Waals surface area contributed by atoms with Gasteiger partial charge in [-0.05, 0) is 11.1 Å². The molecule has 19 heavy (non-hydrogen) atoms. The van der Waals surface area contributed by atoms with Crippen molar-refractivity contribution in [2.45, 2.75) is 12.8 Å². The van der Waals surface area contributed by atoms with Gasteiger partial charge in [0.1, 0.15) is 0 Å². The molecule has 0 spiro atoms. The van der Waals surface area contributed by atoms with E-state index in [9.17, 15) is 9.59 Å². The predicted octanol–water partition coefficient (Wildman–Crippen LogP) is 3.13. The number of rotatable bonds is 5. The fourth-order valence-corrected chi connectivity index (χ4v) is 1.85. The molecule has 0 saturated carbocycles. The van der Waals surface area contributed by atoms with E-state index in [1.807, 2.05) is 42.5 Å². The van der Waals surface area contributed by atoms with E-state index in [1.165, 1.54) is 0 Å². The van der Waals surface area contributed by atoms with Crippen molar-refractivity contribution < 1.29 is 9.59 Å². The Morgan fingerprint density at radius 1 is 0.789 bits per heavy atom. The minimum absolute atomic E-state index is 0.0146. The predicted molar refractivity (Wildman–Crippen MR) is 73.5 cm³/mol. The first-order chi connectivity index (χ1) is 9.16. The smallest absolute Gasteiger partial charge is 0.238 e. The number of carbonyl (C=O) groups is 2. The maximum Gasteiger partial charge on any atom is 0.238 e. The molecule has 0 atom stereocenters. The van der Waals surface area contributed by atoms with E-state index < -0.39 is 5.91 Å². The van der Waals surface area contributed by atoms with Crippen molar-refractivity contribution in [1.29, 1.82) is 0 Å². The van der Waals surface area contributed by atoms with Crippen LogP contribution in [0.15, 0.2) is 54.6 Å². The Kier molecular flexibility index (Phi) is 4.08. The van der Waals surface area contributed by atoms with Crippen molar-refractivity contribution in [2.75, 3.05) is 0 Å². The summed E-state index contributed by atoms with van der Waals surface area (Å²) in [5.41, 5.74) is 9.52. The van der Waals surface area contributed by atoms with Crippen molar-refractivity contribution >= 4 is 11.7 Å². The van der Waals surface area contributed by atoms with Crippen LogP contribution in [0.1, 0.15) is 23.2 Å². The Morgan fingerprint density at radius 3 is 1.95 bits per heavy atom. The first-order valence-electron chi connectivity index (χ1n) is 6.10. The van der Waals surface area contributed by atoms with Gasteiger partial charge in [-0.2, -0.15) is 0 Å². The molecule has 0 aliphatic heterocycles. The van der Waals surface area contributed by atoms with Crippen LogP contribution >= 0.6 is 0 Å². The summed E-state index contributed by atoms with van der Waals surface area (Å²) in [6, 6.07) is 17.2. The van der Waals surface area contributed by atoms with Gasteiger partial charge >= 0.3 is 0 Å². The minimum atomic E-state index is -0.700. The molecule has 0 aliphatic carbocycles. The Morgan fingerprint density at radius 2 is 1.37 bits per heavy atom. The van der Waals surface area contributed by atoms with Crippen molar-refractivity contribution in [3.8, 4) is 11.1 Å². The number of ketones is 1. The molecule has 1 amide bonds. The third-order valence-corrected chi connectivity index (χ3v) is 2.89. The third kappa shape index (κ3) is 3.52. The zero-order valence-electron chi connectivity index (χ0n) is 10.4. The van der Waals surface area contributed by atoms with E-state index in [-0.39, 0.29) is 18.6 Å². The highest BCUT2D eigenvalue weighted by molar-refractivity contribution is 5.98. The molecule has 2 rings (SSSR count). The SMILES string of the molecule is [NH]C(=O)CCC(=O)c1ccc(-c2ccccc2)cc1. The molecule has 1 radical (unpaired) electrons. The molecule has 0 fully saturated rings. The monoisotopic (exact) mass is 252 g/mol. The van der Waals surface area contributed by atoms with Crippen LogP contribution in [-0.2, 0) is 4.79 Å². The molecule has 2 aromatic carbocycles. The average molecular weight is 252 g/mol. The lowest BCUT2D eigenvalue weighted by Crippen LogP contribution is -2.04. The summed E-state index contributed by atoms with van der Waals surface area (Å²) in [6.45, 7) is 0. The number of nitrogens with one attached hydrogen (secondary N) is 1. The van der Waals surface area contributed by atoms with Crippen molar-refractivity contribution in [3.05, 3.63) is 60.2 Å². The van der Waals surface area contributed by atoms with Crippen molar-refractivity contribution in [2.24, 2.45) is 0 Å². The lowest BCUT2D eigenvalue weighted by atomic mass is 10.0. The zero-order chi connectivity index (χ0) is 13.7. The minimum Gasteiger partial charge on any atom is -0.294 e. The molecule has 0 bridgehead atoms. The van der Waals surface area contributed by atoms with Gasteiger partial charge in [-0.15, -0.1) is 0 Å². The van der Waals surface area contributed by atoms with Gasteiger partial charge in [-0.25, -0.2) is 0 Å². The van der Waals surface area contributed by atoms with Gasteiger partial charge < -0.3 is 0 Å². The zero-order valence-corrected chi connectivity index (χ0v) is 10.4. The summed E-state index contributed by atoms with van der Waals surface area (Å²) in [4.78, 5) is 22.3. The van der Waals surface area contributed by atoms with Gasteiger partial charge in [-0.3, -0.25) is 15.3 Å². The van der Waals surface area contributed by atoms with E-state index >= 15 is 0 Å². The van der Waals surface area contributed by atoms with Crippen LogP contribution in [-0.4, -0.2) is 11.7 Å². The van der Waals surface area contributed by atoms with Crippen LogP contribution in [0.3, 0.4) is 0 Å². The molecule has 1 N–H and O–H groups in total. The maximum atomic E-state index is 11.8. The van der Waals surface area contributed by atoms with Gasteiger partial charge in [0.15, 0.2) is 5.78 Å². The summed E-state index contributed by atoms with van der Waals surface area (Å²) in [6.07, 6.45) is 0.0896. The molecular weight excluding hydrogens is 238 g/mol. The summed E-state index contributed by atoms with van der Waals surface area (Å²) >= 11 is 0. The van der Waals surface area contributed by atoms with Crippen molar-refractivity contribution in [1.82, 2.24) is 5.73 Å². The number of hydrogen-bond donors (Lipinski definition) is 0. The molecular formula is C16H14NO2. The second-order valence-corrected chi connectivity index (χ2v) is 4.29. The van der Waals surface area contributed by atoms with E-state index in [0.717, 1.165) is 11.1 Å². The van der Waals surface area contributed by atoms with Crippen LogP contribution in [0.25, 0.3) is 11.1 Å². The largest absolute Gasteiger partial charge is 0.294 e. The van der Waals surface area contributed by atoms with Gasteiger partial charge in [0.25, 0.3) is 0 Å². The summed E-state index contributed by atoms with van der Waals surface area (Å²) in [5.74, 6) is -0.797. The highest BCUT2D eigenvalue weighted by Gasteiger charge is 2.08. The fourth-order valence-electron chi connectivity index (χ4n) is 1.85. The molecule has 2 aromatic rings. The van der Waals surface area contributed by atoms with Gasteiger partial charge in [0.2, 0.25) is 5.91 Å². The van der Waals surface area contributed by atoms with E-state index in [0.29, 0.717) is 5.56 Å². The highest BCUT2D eigenvalue weighted by atomic mass is 16.1. The second-order valence-electron chi connectivity index (χ2n) is 4.29. The Labute approximate surface area is 112 Å².